The predicted octanol–water partition coefficient (Wildman–Crippen LogP) is 2.72. The van der Waals surface area contributed by atoms with Crippen molar-refractivity contribution in [1.82, 2.24) is 4.57 Å². The third-order valence-corrected chi connectivity index (χ3v) is 4.57. The molecule has 0 unspecified atom stereocenters. The Labute approximate surface area is 154 Å². The van der Waals surface area contributed by atoms with E-state index in [-0.39, 0.29) is 18.9 Å². The van der Waals surface area contributed by atoms with Gasteiger partial charge in [-0.05, 0) is 42.8 Å². The second-order valence-electron chi connectivity index (χ2n) is 6.35. The predicted molar refractivity (Wildman–Crippen MR) is 98.8 cm³/mol. The summed E-state index contributed by atoms with van der Waals surface area (Å²) in [6, 6.07) is 13.9. The van der Waals surface area contributed by atoms with Crippen molar-refractivity contribution in [1.29, 1.82) is 0 Å². The Morgan fingerprint density at radius 1 is 1.07 bits per heavy atom. The Hall–Kier alpha value is -3.35. The number of fused-ring (bicyclic) bond motifs is 1. The van der Waals surface area contributed by atoms with E-state index >= 15 is 0 Å². The number of ether oxygens (including phenoxy) is 1. The lowest BCUT2D eigenvalue weighted by Crippen LogP contribution is -2.23. The van der Waals surface area contributed by atoms with Gasteiger partial charge >= 0.3 is 11.7 Å². The molecule has 3 aromatic rings. The number of hydrogen-bond donors (Lipinski definition) is 0. The van der Waals surface area contributed by atoms with E-state index in [1.165, 1.54) is 4.57 Å². The molecule has 0 radical (unpaired) electrons. The van der Waals surface area contributed by atoms with Crippen molar-refractivity contribution in [3.8, 4) is 5.75 Å². The number of aryl methyl sites for hydroxylation is 1. The number of carbonyl (C=O) groups excluding carboxylic acids is 2. The minimum Gasteiger partial charge on any atom is -0.426 e. The van der Waals surface area contributed by atoms with Gasteiger partial charge in [-0.1, -0.05) is 12.1 Å². The smallest absolute Gasteiger partial charge is 0.419 e. The van der Waals surface area contributed by atoms with Gasteiger partial charge in [0.1, 0.15) is 5.75 Å². The van der Waals surface area contributed by atoms with Crippen LogP contribution in [-0.4, -0.2) is 23.0 Å². The van der Waals surface area contributed by atoms with Crippen molar-refractivity contribution in [2.45, 2.75) is 25.8 Å². The van der Waals surface area contributed by atoms with Gasteiger partial charge in [0.25, 0.3) is 0 Å². The van der Waals surface area contributed by atoms with Crippen LogP contribution in [0.3, 0.4) is 0 Å². The van der Waals surface area contributed by atoms with Crippen LogP contribution < -0.4 is 15.4 Å². The fourth-order valence-corrected chi connectivity index (χ4v) is 3.23. The van der Waals surface area contributed by atoms with Crippen molar-refractivity contribution in [3.63, 3.8) is 0 Å². The highest BCUT2D eigenvalue weighted by molar-refractivity contribution is 5.95. The van der Waals surface area contributed by atoms with Gasteiger partial charge in [-0.3, -0.25) is 14.2 Å². The van der Waals surface area contributed by atoms with Crippen molar-refractivity contribution in [3.05, 3.63) is 59.1 Å². The number of para-hydroxylation sites is 2. The third-order valence-electron chi connectivity index (χ3n) is 4.57. The van der Waals surface area contributed by atoms with Crippen LogP contribution in [0.15, 0.2) is 57.7 Å². The summed E-state index contributed by atoms with van der Waals surface area (Å²) in [4.78, 5) is 37.5. The van der Waals surface area contributed by atoms with Gasteiger partial charge in [0.2, 0.25) is 5.91 Å². The number of nitrogens with zero attached hydrogens (tertiary/aromatic N) is 2. The molecule has 1 amide bonds. The molecular formula is C20H18N2O5. The number of rotatable bonds is 5. The van der Waals surface area contributed by atoms with E-state index in [4.69, 9.17) is 9.15 Å². The quantitative estimate of drug-likeness (QED) is 0.512. The van der Waals surface area contributed by atoms with E-state index in [0.29, 0.717) is 29.8 Å². The SMILES string of the molecule is O=C(CCn1c(=O)oc2ccccc21)Oc1ccc(N2CCCC2=O)cc1. The number of amides is 1. The van der Waals surface area contributed by atoms with Crippen molar-refractivity contribution >= 4 is 28.7 Å². The highest BCUT2D eigenvalue weighted by Crippen LogP contribution is 2.24. The topological polar surface area (TPSA) is 81.8 Å². The fourth-order valence-electron chi connectivity index (χ4n) is 3.23. The van der Waals surface area contributed by atoms with Crippen LogP contribution in [0, 0.1) is 0 Å². The zero-order chi connectivity index (χ0) is 18.8. The van der Waals surface area contributed by atoms with E-state index < -0.39 is 11.7 Å². The minimum atomic E-state index is -0.497. The summed E-state index contributed by atoms with van der Waals surface area (Å²) in [6.07, 6.45) is 1.46. The van der Waals surface area contributed by atoms with Gasteiger partial charge in [-0.2, -0.15) is 0 Å². The number of oxazole rings is 1. The second kappa shape index (κ2) is 7.11. The third kappa shape index (κ3) is 3.48. The first kappa shape index (κ1) is 17.1. The lowest BCUT2D eigenvalue weighted by Gasteiger charge is -2.15. The van der Waals surface area contributed by atoms with Crippen molar-refractivity contribution < 1.29 is 18.7 Å². The molecule has 4 rings (SSSR count). The summed E-state index contributed by atoms with van der Waals surface area (Å²) >= 11 is 0. The van der Waals surface area contributed by atoms with Crippen LogP contribution >= 0.6 is 0 Å². The molecule has 2 aromatic carbocycles. The molecule has 0 N–H and O–H groups in total. The molecule has 0 saturated carbocycles. The van der Waals surface area contributed by atoms with E-state index in [9.17, 15) is 14.4 Å². The summed E-state index contributed by atoms with van der Waals surface area (Å²) in [6.45, 7) is 0.889. The zero-order valence-corrected chi connectivity index (χ0v) is 14.6. The van der Waals surface area contributed by atoms with Crippen LogP contribution in [0.1, 0.15) is 19.3 Å². The molecule has 1 fully saturated rings. The molecule has 1 saturated heterocycles. The Kier molecular flexibility index (Phi) is 4.50. The number of esters is 1. The lowest BCUT2D eigenvalue weighted by molar-refractivity contribution is -0.134. The molecule has 7 heteroatoms. The summed E-state index contributed by atoms with van der Waals surface area (Å²) in [5.41, 5.74) is 1.94. The van der Waals surface area contributed by atoms with Gasteiger partial charge < -0.3 is 14.1 Å². The standard InChI is InChI=1S/C20H18N2O5/c23-18-6-3-12-21(18)14-7-9-15(10-8-14)26-19(24)11-13-22-16-4-1-2-5-17(16)27-20(22)25/h1-2,4-5,7-10H,3,6,11-13H2. The number of anilines is 1. The van der Waals surface area contributed by atoms with Crippen LogP contribution in [0.2, 0.25) is 0 Å². The Morgan fingerprint density at radius 3 is 2.59 bits per heavy atom. The molecule has 7 nitrogen and oxygen atoms in total. The van der Waals surface area contributed by atoms with Gasteiger partial charge in [0.15, 0.2) is 5.58 Å². The van der Waals surface area contributed by atoms with Crippen LogP contribution in [0.5, 0.6) is 5.75 Å². The monoisotopic (exact) mass is 366 g/mol. The summed E-state index contributed by atoms with van der Waals surface area (Å²) in [5, 5.41) is 0. The summed E-state index contributed by atoms with van der Waals surface area (Å²) in [5.74, 6) is -0.432. The summed E-state index contributed by atoms with van der Waals surface area (Å²) < 4.78 is 11.9. The van der Waals surface area contributed by atoms with E-state index in [1.807, 2.05) is 0 Å². The molecule has 2 heterocycles. The fraction of sp³-hybridized carbons (Fsp3) is 0.250. The Balaban J connectivity index is 1.38. The number of hydrogen-bond acceptors (Lipinski definition) is 5. The highest BCUT2D eigenvalue weighted by atomic mass is 16.5. The molecule has 1 aliphatic heterocycles. The average molecular weight is 366 g/mol. The maximum absolute atomic E-state index is 12.1. The second-order valence-corrected chi connectivity index (χ2v) is 6.35. The largest absolute Gasteiger partial charge is 0.426 e. The molecule has 0 atom stereocenters. The minimum absolute atomic E-state index is 0.0375. The average Bonchev–Trinajstić information content (AvgIpc) is 3.23. The molecule has 0 spiro atoms. The first-order chi connectivity index (χ1) is 13.1. The molecule has 1 aromatic heterocycles. The van der Waals surface area contributed by atoms with Gasteiger partial charge in [-0.25, -0.2) is 4.79 Å². The van der Waals surface area contributed by atoms with Crippen LogP contribution in [0.4, 0.5) is 5.69 Å². The Morgan fingerprint density at radius 2 is 1.85 bits per heavy atom. The van der Waals surface area contributed by atoms with E-state index in [0.717, 1.165) is 12.1 Å². The number of aromatic nitrogens is 1. The molecule has 138 valence electrons. The first-order valence-electron chi connectivity index (χ1n) is 8.81. The van der Waals surface area contributed by atoms with E-state index in [1.54, 1.807) is 53.4 Å². The Bertz CT molecular complexity index is 1050. The lowest BCUT2D eigenvalue weighted by atomic mass is 10.3. The van der Waals surface area contributed by atoms with Crippen molar-refractivity contribution in [2.24, 2.45) is 0 Å². The van der Waals surface area contributed by atoms with Gasteiger partial charge in [0.05, 0.1) is 11.9 Å². The zero-order valence-electron chi connectivity index (χ0n) is 14.6. The van der Waals surface area contributed by atoms with Crippen molar-refractivity contribution in [2.75, 3.05) is 11.4 Å². The van der Waals surface area contributed by atoms with E-state index in [2.05, 4.69) is 0 Å². The molecule has 0 bridgehead atoms. The molecular weight excluding hydrogens is 348 g/mol. The highest BCUT2D eigenvalue weighted by Gasteiger charge is 2.21. The normalized spacial score (nSPS) is 14.1. The first-order valence-corrected chi connectivity index (χ1v) is 8.81. The van der Waals surface area contributed by atoms with Gasteiger partial charge in [0, 0.05) is 25.2 Å². The maximum Gasteiger partial charge on any atom is 0.419 e. The number of benzene rings is 2. The van der Waals surface area contributed by atoms with Crippen LogP contribution in [-0.2, 0) is 16.1 Å². The maximum atomic E-state index is 12.1. The van der Waals surface area contributed by atoms with Crippen LogP contribution in [0.25, 0.3) is 11.1 Å². The van der Waals surface area contributed by atoms with Gasteiger partial charge in [-0.15, -0.1) is 0 Å². The number of carbonyl (C=O) groups is 2. The molecule has 0 aliphatic carbocycles. The molecule has 27 heavy (non-hydrogen) atoms. The summed E-state index contributed by atoms with van der Waals surface area (Å²) in [7, 11) is 0. The molecule has 1 aliphatic rings.